The highest BCUT2D eigenvalue weighted by Crippen LogP contribution is 2.12. The standard InChI is InChI=1S/C18H19N2O2.BrH/c1-2-22-18(21)13-20-14-19(12-15-8-4-3-5-9-15)16-10-6-7-11-17(16)20;/h3-11,14H,2,12-13H2,1H3;1H/q+1;/p-1. The molecule has 3 rings (SSSR count). The van der Waals surface area contributed by atoms with Gasteiger partial charge in [0.05, 0.1) is 6.61 Å². The van der Waals surface area contributed by atoms with Gasteiger partial charge in [0.2, 0.25) is 6.33 Å². The van der Waals surface area contributed by atoms with Crippen LogP contribution in [-0.4, -0.2) is 17.1 Å². The van der Waals surface area contributed by atoms with Crippen molar-refractivity contribution in [3.63, 3.8) is 0 Å². The fourth-order valence-electron chi connectivity index (χ4n) is 2.62. The van der Waals surface area contributed by atoms with Crippen LogP contribution < -0.4 is 21.5 Å². The highest BCUT2D eigenvalue weighted by molar-refractivity contribution is 5.75. The summed E-state index contributed by atoms with van der Waals surface area (Å²) in [5, 5.41) is 0. The van der Waals surface area contributed by atoms with Gasteiger partial charge in [-0.05, 0) is 24.6 Å². The van der Waals surface area contributed by atoms with Gasteiger partial charge < -0.3 is 21.7 Å². The third kappa shape index (κ3) is 3.99. The smallest absolute Gasteiger partial charge is 0.348 e. The number of imidazole rings is 1. The molecule has 0 aliphatic heterocycles. The maximum Gasteiger partial charge on any atom is 0.348 e. The van der Waals surface area contributed by atoms with E-state index in [0.717, 1.165) is 17.6 Å². The zero-order valence-electron chi connectivity index (χ0n) is 13.0. The zero-order valence-corrected chi connectivity index (χ0v) is 14.6. The van der Waals surface area contributed by atoms with Gasteiger partial charge in [-0.15, -0.1) is 0 Å². The first kappa shape index (κ1) is 17.2. The summed E-state index contributed by atoms with van der Waals surface area (Å²) < 4.78 is 9.15. The van der Waals surface area contributed by atoms with Crippen LogP contribution in [0.5, 0.6) is 0 Å². The summed E-state index contributed by atoms with van der Waals surface area (Å²) in [4.78, 5) is 11.8. The van der Waals surface area contributed by atoms with Gasteiger partial charge in [-0.25, -0.2) is 13.9 Å². The van der Waals surface area contributed by atoms with Crippen LogP contribution in [0.15, 0.2) is 60.9 Å². The fraction of sp³-hybridized carbons (Fsp3) is 0.222. The molecule has 0 radical (unpaired) electrons. The first-order valence-corrected chi connectivity index (χ1v) is 7.45. The molecule has 5 heteroatoms. The van der Waals surface area contributed by atoms with Crippen LogP contribution in [0.3, 0.4) is 0 Å². The molecule has 0 aliphatic carbocycles. The van der Waals surface area contributed by atoms with Crippen molar-refractivity contribution in [2.45, 2.75) is 20.0 Å². The number of hydrogen-bond acceptors (Lipinski definition) is 2. The quantitative estimate of drug-likeness (QED) is 0.447. The number of carbonyl (C=O) groups is 1. The Hall–Kier alpha value is -2.14. The number of hydrogen-bond donors (Lipinski definition) is 0. The number of halogens is 1. The molecule has 0 spiro atoms. The minimum absolute atomic E-state index is 0. The number of nitrogens with zero attached hydrogens (tertiary/aromatic N) is 2. The molecule has 0 saturated heterocycles. The van der Waals surface area contributed by atoms with E-state index in [1.54, 1.807) is 0 Å². The van der Waals surface area contributed by atoms with Gasteiger partial charge in [0.25, 0.3) is 0 Å². The van der Waals surface area contributed by atoms with Gasteiger partial charge in [0.15, 0.2) is 17.6 Å². The van der Waals surface area contributed by atoms with Crippen LogP contribution in [0.4, 0.5) is 0 Å². The Balaban J connectivity index is 0.00000192. The lowest BCUT2D eigenvalue weighted by Crippen LogP contribution is -3.00. The topological polar surface area (TPSA) is 35.1 Å². The van der Waals surface area contributed by atoms with Crippen LogP contribution in [-0.2, 0) is 22.6 Å². The Morgan fingerprint density at radius 1 is 1.09 bits per heavy atom. The minimum atomic E-state index is -0.213. The van der Waals surface area contributed by atoms with Gasteiger partial charge >= 0.3 is 5.97 Å². The van der Waals surface area contributed by atoms with Crippen LogP contribution in [0.2, 0.25) is 0 Å². The molecule has 1 heterocycles. The number of fused-ring (bicyclic) bond motifs is 1. The summed E-state index contributed by atoms with van der Waals surface area (Å²) in [6, 6.07) is 18.4. The molecule has 0 unspecified atom stereocenters. The molecule has 120 valence electrons. The summed E-state index contributed by atoms with van der Waals surface area (Å²) in [5.74, 6) is -0.213. The van der Waals surface area contributed by atoms with Crippen LogP contribution in [0, 0.1) is 0 Å². The lowest BCUT2D eigenvalue weighted by Gasteiger charge is -1.99. The zero-order chi connectivity index (χ0) is 15.4. The summed E-state index contributed by atoms with van der Waals surface area (Å²) in [7, 11) is 0. The molecule has 0 atom stereocenters. The lowest BCUT2D eigenvalue weighted by atomic mass is 10.2. The molecule has 2 aromatic carbocycles. The van der Waals surface area contributed by atoms with Crippen molar-refractivity contribution in [3.05, 3.63) is 66.5 Å². The third-order valence-electron chi connectivity index (χ3n) is 3.58. The van der Waals surface area contributed by atoms with Gasteiger partial charge in [-0.3, -0.25) is 0 Å². The highest BCUT2D eigenvalue weighted by Gasteiger charge is 2.18. The first-order chi connectivity index (χ1) is 10.8. The second kappa shape index (κ2) is 7.92. The average molecular weight is 375 g/mol. The summed E-state index contributed by atoms with van der Waals surface area (Å²) in [5.41, 5.74) is 3.37. The molecular weight excluding hydrogens is 356 g/mol. The normalized spacial score (nSPS) is 10.3. The van der Waals surface area contributed by atoms with E-state index in [1.807, 2.05) is 54.2 Å². The molecular formula is C18H19BrN2O2. The van der Waals surface area contributed by atoms with Crippen molar-refractivity contribution in [3.8, 4) is 0 Å². The Morgan fingerprint density at radius 3 is 2.52 bits per heavy atom. The van der Waals surface area contributed by atoms with Crippen molar-refractivity contribution < 1.29 is 31.1 Å². The number of rotatable bonds is 5. The van der Waals surface area contributed by atoms with Crippen molar-refractivity contribution in [2.24, 2.45) is 0 Å². The summed E-state index contributed by atoms with van der Waals surface area (Å²) in [6.45, 7) is 3.23. The second-order valence-electron chi connectivity index (χ2n) is 5.15. The monoisotopic (exact) mass is 374 g/mol. The molecule has 0 amide bonds. The van der Waals surface area contributed by atoms with E-state index in [4.69, 9.17) is 4.74 Å². The van der Waals surface area contributed by atoms with Crippen LogP contribution in [0.1, 0.15) is 12.5 Å². The number of benzene rings is 2. The fourth-order valence-corrected chi connectivity index (χ4v) is 2.62. The molecule has 0 N–H and O–H groups in total. The molecule has 4 nitrogen and oxygen atoms in total. The Kier molecular flexibility index (Phi) is 5.93. The number of aromatic nitrogens is 2. The van der Waals surface area contributed by atoms with E-state index in [2.05, 4.69) is 22.8 Å². The molecule has 0 aliphatic rings. The lowest BCUT2D eigenvalue weighted by molar-refractivity contribution is -0.663. The van der Waals surface area contributed by atoms with Crippen LogP contribution >= 0.6 is 0 Å². The van der Waals surface area contributed by atoms with Crippen molar-refractivity contribution in [2.75, 3.05) is 6.61 Å². The predicted molar refractivity (Wildman–Crippen MR) is 84.3 cm³/mol. The van der Waals surface area contributed by atoms with E-state index in [9.17, 15) is 4.79 Å². The van der Waals surface area contributed by atoms with Gasteiger partial charge in [-0.2, -0.15) is 0 Å². The van der Waals surface area contributed by atoms with Crippen LogP contribution in [0.25, 0.3) is 11.0 Å². The van der Waals surface area contributed by atoms with Crippen molar-refractivity contribution in [1.82, 2.24) is 4.57 Å². The maximum absolute atomic E-state index is 11.8. The molecule has 0 fully saturated rings. The molecule has 23 heavy (non-hydrogen) atoms. The summed E-state index contributed by atoms with van der Waals surface area (Å²) >= 11 is 0. The van der Waals surface area contributed by atoms with Crippen molar-refractivity contribution >= 4 is 17.0 Å². The van der Waals surface area contributed by atoms with Gasteiger partial charge in [-0.1, -0.05) is 42.5 Å². The van der Waals surface area contributed by atoms with E-state index in [1.165, 1.54) is 5.56 Å². The third-order valence-corrected chi connectivity index (χ3v) is 3.58. The van der Waals surface area contributed by atoms with E-state index >= 15 is 0 Å². The average Bonchev–Trinajstić information content (AvgIpc) is 2.87. The number of esters is 1. The molecule has 3 aromatic rings. The Bertz CT molecular complexity index is 784. The van der Waals surface area contributed by atoms with E-state index in [-0.39, 0.29) is 29.5 Å². The Labute approximate surface area is 146 Å². The first-order valence-electron chi connectivity index (χ1n) is 7.45. The largest absolute Gasteiger partial charge is 1.00 e. The number of ether oxygens (including phenoxy) is 1. The molecule has 0 bridgehead atoms. The number of para-hydroxylation sites is 2. The maximum atomic E-state index is 11.8. The highest BCUT2D eigenvalue weighted by atomic mass is 79.9. The minimum Gasteiger partial charge on any atom is -1.00 e. The van der Waals surface area contributed by atoms with Crippen molar-refractivity contribution in [1.29, 1.82) is 0 Å². The second-order valence-corrected chi connectivity index (χ2v) is 5.15. The van der Waals surface area contributed by atoms with E-state index in [0.29, 0.717) is 6.61 Å². The summed E-state index contributed by atoms with van der Waals surface area (Å²) in [6.07, 6.45) is 1.98. The van der Waals surface area contributed by atoms with E-state index < -0.39 is 0 Å². The SMILES string of the molecule is CCOC(=O)Cn1c[n+](Cc2ccccc2)c2ccccc21.[Br-]. The number of carbonyl (C=O) groups excluding carboxylic acids is 1. The predicted octanol–water partition coefficient (Wildman–Crippen LogP) is -0.456. The molecule has 0 saturated carbocycles. The van der Waals surface area contributed by atoms with Gasteiger partial charge in [0, 0.05) is 0 Å². The van der Waals surface area contributed by atoms with Gasteiger partial charge in [0.1, 0.15) is 6.54 Å². The Morgan fingerprint density at radius 2 is 1.78 bits per heavy atom. The molecule has 1 aromatic heterocycles.